The van der Waals surface area contributed by atoms with Crippen LogP contribution in [0.3, 0.4) is 0 Å². The minimum atomic E-state index is -0.115. The summed E-state index contributed by atoms with van der Waals surface area (Å²) in [5.74, 6) is 0.849. The van der Waals surface area contributed by atoms with E-state index in [9.17, 15) is 0 Å². The summed E-state index contributed by atoms with van der Waals surface area (Å²) in [6.07, 6.45) is 0. The predicted octanol–water partition coefficient (Wildman–Crippen LogP) is 2.61. The van der Waals surface area contributed by atoms with Crippen LogP contribution in [0.5, 0.6) is 0 Å². The van der Waals surface area contributed by atoms with E-state index in [0.717, 1.165) is 17.0 Å². The number of nitrogens with zero attached hydrogens (tertiary/aromatic N) is 1. The molecule has 0 fully saturated rings. The zero-order valence-electron chi connectivity index (χ0n) is 8.97. The Kier molecular flexibility index (Phi) is 2.76. The first-order valence-corrected chi connectivity index (χ1v) is 4.46. The van der Waals surface area contributed by atoms with Crippen molar-refractivity contribution in [3.63, 3.8) is 0 Å². The van der Waals surface area contributed by atoms with E-state index in [1.165, 1.54) is 0 Å². The monoisotopic (exact) mass is 183 g/mol. The van der Waals surface area contributed by atoms with Crippen LogP contribution in [0.4, 0.5) is 0 Å². The minimum Gasteiger partial charge on any atom is -0.371 e. The Morgan fingerprint density at radius 1 is 1.31 bits per heavy atom. The lowest BCUT2D eigenvalue weighted by atomic mass is 10.1. The standard InChI is InChI=1S/C10H17NO2/c1-7-9(8(2)13-11-7)6-12-10(3,4)5/h6H2,1-5H3. The summed E-state index contributed by atoms with van der Waals surface area (Å²) in [6.45, 7) is 10.5. The fourth-order valence-electron chi connectivity index (χ4n) is 0.997. The van der Waals surface area contributed by atoms with Crippen LogP contribution in [0.2, 0.25) is 0 Å². The minimum absolute atomic E-state index is 0.115. The van der Waals surface area contributed by atoms with Gasteiger partial charge in [-0.15, -0.1) is 0 Å². The highest BCUT2D eigenvalue weighted by molar-refractivity contribution is 5.19. The Hall–Kier alpha value is -0.830. The molecule has 0 saturated carbocycles. The maximum absolute atomic E-state index is 5.64. The summed E-state index contributed by atoms with van der Waals surface area (Å²) in [4.78, 5) is 0. The maximum Gasteiger partial charge on any atom is 0.139 e. The number of aromatic nitrogens is 1. The van der Waals surface area contributed by atoms with Gasteiger partial charge in [0.2, 0.25) is 0 Å². The van der Waals surface area contributed by atoms with E-state index in [1.807, 2.05) is 34.6 Å². The van der Waals surface area contributed by atoms with E-state index < -0.39 is 0 Å². The molecule has 0 atom stereocenters. The molecule has 1 heterocycles. The van der Waals surface area contributed by atoms with Crippen molar-refractivity contribution in [3.8, 4) is 0 Å². The smallest absolute Gasteiger partial charge is 0.139 e. The van der Waals surface area contributed by atoms with E-state index in [0.29, 0.717) is 6.61 Å². The average Bonchev–Trinajstić information content (AvgIpc) is 2.27. The first kappa shape index (κ1) is 10.3. The van der Waals surface area contributed by atoms with Crippen LogP contribution in [-0.2, 0) is 11.3 Å². The fourth-order valence-corrected chi connectivity index (χ4v) is 0.997. The van der Waals surface area contributed by atoms with E-state index in [-0.39, 0.29) is 5.60 Å². The summed E-state index contributed by atoms with van der Waals surface area (Å²) in [6, 6.07) is 0. The first-order chi connectivity index (χ1) is 5.90. The highest BCUT2D eigenvalue weighted by Gasteiger charge is 2.14. The zero-order valence-corrected chi connectivity index (χ0v) is 8.97. The molecular weight excluding hydrogens is 166 g/mol. The van der Waals surface area contributed by atoms with Crippen LogP contribution in [-0.4, -0.2) is 10.8 Å². The molecule has 3 heteroatoms. The van der Waals surface area contributed by atoms with Gasteiger partial charge in [0.25, 0.3) is 0 Å². The van der Waals surface area contributed by atoms with Crippen molar-refractivity contribution in [2.45, 2.75) is 46.8 Å². The predicted molar refractivity (Wildman–Crippen MR) is 50.5 cm³/mol. The van der Waals surface area contributed by atoms with Crippen LogP contribution >= 0.6 is 0 Å². The van der Waals surface area contributed by atoms with Gasteiger partial charge in [-0.3, -0.25) is 0 Å². The van der Waals surface area contributed by atoms with Gasteiger partial charge in [0.1, 0.15) is 5.76 Å². The molecule has 0 aliphatic heterocycles. The van der Waals surface area contributed by atoms with Crippen LogP contribution in [0.1, 0.15) is 37.8 Å². The highest BCUT2D eigenvalue weighted by atomic mass is 16.5. The molecular formula is C10H17NO2. The molecule has 13 heavy (non-hydrogen) atoms. The highest BCUT2D eigenvalue weighted by Crippen LogP contribution is 2.17. The second-order valence-corrected chi connectivity index (χ2v) is 4.20. The lowest BCUT2D eigenvalue weighted by Gasteiger charge is -2.19. The third-order valence-corrected chi connectivity index (χ3v) is 1.83. The van der Waals surface area contributed by atoms with Gasteiger partial charge in [-0.1, -0.05) is 5.16 Å². The molecule has 74 valence electrons. The van der Waals surface area contributed by atoms with E-state index in [1.54, 1.807) is 0 Å². The van der Waals surface area contributed by atoms with Crippen molar-refractivity contribution in [1.82, 2.24) is 5.16 Å². The van der Waals surface area contributed by atoms with E-state index in [2.05, 4.69) is 5.16 Å². The first-order valence-electron chi connectivity index (χ1n) is 4.46. The average molecular weight is 183 g/mol. The van der Waals surface area contributed by atoms with Gasteiger partial charge in [0.15, 0.2) is 0 Å². The Bertz CT molecular complexity index is 264. The lowest BCUT2D eigenvalue weighted by Crippen LogP contribution is -2.19. The molecule has 0 aliphatic carbocycles. The van der Waals surface area contributed by atoms with Gasteiger partial charge in [-0.2, -0.15) is 0 Å². The zero-order chi connectivity index (χ0) is 10.1. The molecule has 0 unspecified atom stereocenters. The van der Waals surface area contributed by atoms with Gasteiger partial charge in [0.05, 0.1) is 17.9 Å². The van der Waals surface area contributed by atoms with Gasteiger partial charge in [-0.05, 0) is 34.6 Å². The third kappa shape index (κ3) is 2.84. The number of hydrogen-bond donors (Lipinski definition) is 0. The molecule has 0 radical (unpaired) electrons. The fraction of sp³-hybridized carbons (Fsp3) is 0.700. The van der Waals surface area contributed by atoms with Crippen LogP contribution < -0.4 is 0 Å². The van der Waals surface area contributed by atoms with Gasteiger partial charge < -0.3 is 9.26 Å². The Labute approximate surface area is 79.1 Å². The normalized spacial score (nSPS) is 12.1. The number of ether oxygens (including phenoxy) is 1. The van der Waals surface area contributed by atoms with Crippen molar-refractivity contribution < 1.29 is 9.26 Å². The van der Waals surface area contributed by atoms with Crippen molar-refractivity contribution in [2.75, 3.05) is 0 Å². The van der Waals surface area contributed by atoms with Crippen molar-refractivity contribution in [2.24, 2.45) is 0 Å². The molecule has 0 N–H and O–H groups in total. The summed E-state index contributed by atoms with van der Waals surface area (Å²) < 4.78 is 10.7. The Balaban J connectivity index is 2.64. The van der Waals surface area contributed by atoms with Gasteiger partial charge in [0, 0.05) is 5.56 Å². The molecule has 0 aliphatic rings. The van der Waals surface area contributed by atoms with Crippen molar-refractivity contribution in [1.29, 1.82) is 0 Å². The molecule has 1 aromatic rings. The molecule has 1 rings (SSSR count). The van der Waals surface area contributed by atoms with Crippen LogP contribution in [0.25, 0.3) is 0 Å². The Morgan fingerprint density at radius 3 is 2.31 bits per heavy atom. The number of aryl methyl sites for hydroxylation is 2. The summed E-state index contributed by atoms with van der Waals surface area (Å²) >= 11 is 0. The summed E-state index contributed by atoms with van der Waals surface area (Å²) in [7, 11) is 0. The van der Waals surface area contributed by atoms with Crippen molar-refractivity contribution >= 4 is 0 Å². The second-order valence-electron chi connectivity index (χ2n) is 4.20. The van der Waals surface area contributed by atoms with Crippen LogP contribution in [0.15, 0.2) is 4.52 Å². The summed E-state index contributed by atoms with van der Waals surface area (Å²) in [5.41, 5.74) is 1.87. The molecule has 0 bridgehead atoms. The third-order valence-electron chi connectivity index (χ3n) is 1.83. The quantitative estimate of drug-likeness (QED) is 0.707. The molecule has 0 amide bonds. The van der Waals surface area contributed by atoms with Gasteiger partial charge >= 0.3 is 0 Å². The maximum atomic E-state index is 5.64. The topological polar surface area (TPSA) is 35.3 Å². The molecule has 0 aromatic carbocycles. The largest absolute Gasteiger partial charge is 0.371 e. The van der Waals surface area contributed by atoms with Crippen LogP contribution in [0, 0.1) is 13.8 Å². The SMILES string of the molecule is Cc1noc(C)c1COC(C)(C)C. The molecule has 3 nitrogen and oxygen atoms in total. The van der Waals surface area contributed by atoms with E-state index in [4.69, 9.17) is 9.26 Å². The Morgan fingerprint density at radius 2 is 1.92 bits per heavy atom. The molecule has 0 saturated heterocycles. The second kappa shape index (κ2) is 3.50. The van der Waals surface area contributed by atoms with E-state index >= 15 is 0 Å². The molecule has 0 spiro atoms. The number of hydrogen-bond acceptors (Lipinski definition) is 3. The van der Waals surface area contributed by atoms with Crippen molar-refractivity contribution in [3.05, 3.63) is 17.0 Å². The number of rotatable bonds is 2. The van der Waals surface area contributed by atoms with Gasteiger partial charge in [-0.25, -0.2) is 0 Å². The lowest BCUT2D eigenvalue weighted by molar-refractivity contribution is -0.0155. The molecule has 1 aromatic heterocycles. The summed E-state index contributed by atoms with van der Waals surface area (Å²) in [5, 5.41) is 3.86.